The normalized spacial score (nSPS) is 13.0. The molecule has 0 saturated carbocycles. The van der Waals surface area contributed by atoms with Crippen LogP contribution in [0.5, 0.6) is 11.5 Å². The van der Waals surface area contributed by atoms with Gasteiger partial charge in [0.05, 0.1) is 11.3 Å². The van der Waals surface area contributed by atoms with Crippen LogP contribution in [0, 0.1) is 0 Å². The second-order valence-corrected chi connectivity index (χ2v) is 9.02. The molecule has 2 aromatic carbocycles. The number of carbonyl (C=O) groups is 1. The Hall–Kier alpha value is -2.84. The van der Waals surface area contributed by atoms with E-state index in [4.69, 9.17) is 4.74 Å². The summed E-state index contributed by atoms with van der Waals surface area (Å²) in [4.78, 5) is 13.5. The standard InChI is InChI=1S/C19H16N2O4S2/c1-2-13-8-10-18(26-13)27(23,24)21-12-7-9-16-14(11-12)19(22)20-15-5-3-4-6-17(15)25-16/h3-11,21H,2H2,1H3,(H,20,22). The Kier molecular flexibility index (Phi) is 4.37. The number of hydrogen-bond donors (Lipinski definition) is 2. The summed E-state index contributed by atoms with van der Waals surface area (Å²) < 4.78 is 33.8. The molecule has 4 rings (SSSR count). The number of ether oxygens (including phenoxy) is 1. The van der Waals surface area contributed by atoms with Crippen molar-refractivity contribution in [3.63, 3.8) is 0 Å². The zero-order valence-corrected chi connectivity index (χ0v) is 16.0. The predicted molar refractivity (Wildman–Crippen MR) is 105 cm³/mol. The van der Waals surface area contributed by atoms with Gasteiger partial charge in [-0.2, -0.15) is 0 Å². The molecule has 0 radical (unpaired) electrons. The van der Waals surface area contributed by atoms with E-state index in [2.05, 4.69) is 10.0 Å². The molecule has 1 aromatic heterocycles. The Labute approximate surface area is 160 Å². The second kappa shape index (κ2) is 6.71. The molecule has 138 valence electrons. The lowest BCUT2D eigenvalue weighted by atomic mass is 10.1. The molecule has 2 heterocycles. The van der Waals surface area contributed by atoms with E-state index in [1.54, 1.807) is 42.5 Å². The van der Waals surface area contributed by atoms with E-state index >= 15 is 0 Å². The Balaban J connectivity index is 1.65. The van der Waals surface area contributed by atoms with Crippen molar-refractivity contribution in [3.05, 3.63) is 65.0 Å². The largest absolute Gasteiger partial charge is 0.454 e. The van der Waals surface area contributed by atoms with Gasteiger partial charge in [-0.05, 0) is 48.9 Å². The SMILES string of the molecule is CCc1ccc(S(=O)(=O)Nc2ccc3c(c2)C(=O)Nc2ccccc2O3)s1. The van der Waals surface area contributed by atoms with Crippen LogP contribution in [0.25, 0.3) is 0 Å². The van der Waals surface area contributed by atoms with E-state index in [0.717, 1.165) is 11.3 Å². The Bertz CT molecular complexity index is 1140. The summed E-state index contributed by atoms with van der Waals surface area (Å²) in [6, 6.07) is 15.1. The first-order chi connectivity index (χ1) is 13.0. The summed E-state index contributed by atoms with van der Waals surface area (Å²) in [6.07, 6.45) is 0.775. The third kappa shape index (κ3) is 3.41. The van der Waals surface area contributed by atoms with E-state index in [1.807, 2.05) is 13.0 Å². The fraction of sp³-hybridized carbons (Fsp3) is 0.105. The van der Waals surface area contributed by atoms with Gasteiger partial charge in [0.1, 0.15) is 9.96 Å². The van der Waals surface area contributed by atoms with Gasteiger partial charge in [-0.1, -0.05) is 19.1 Å². The molecule has 1 aliphatic rings. The van der Waals surface area contributed by atoms with Crippen molar-refractivity contribution in [3.8, 4) is 11.5 Å². The maximum atomic E-state index is 12.6. The minimum absolute atomic E-state index is 0.238. The number of amides is 1. The molecule has 27 heavy (non-hydrogen) atoms. The van der Waals surface area contributed by atoms with Crippen LogP contribution in [0.15, 0.2) is 58.8 Å². The van der Waals surface area contributed by atoms with Crippen LogP contribution in [-0.2, 0) is 16.4 Å². The van der Waals surface area contributed by atoms with Crippen molar-refractivity contribution in [2.24, 2.45) is 0 Å². The lowest BCUT2D eigenvalue weighted by Crippen LogP contribution is -2.14. The number of nitrogens with one attached hydrogen (secondary N) is 2. The number of thiophene rings is 1. The van der Waals surface area contributed by atoms with Gasteiger partial charge in [0.15, 0.2) is 5.75 Å². The first-order valence-corrected chi connectivity index (χ1v) is 10.6. The highest BCUT2D eigenvalue weighted by atomic mass is 32.2. The summed E-state index contributed by atoms with van der Waals surface area (Å²) in [6.45, 7) is 1.97. The summed E-state index contributed by atoms with van der Waals surface area (Å²) >= 11 is 1.23. The zero-order chi connectivity index (χ0) is 19.0. The molecule has 0 saturated heterocycles. The van der Waals surface area contributed by atoms with Crippen molar-refractivity contribution in [2.75, 3.05) is 10.0 Å². The molecular formula is C19H16N2O4S2. The van der Waals surface area contributed by atoms with Gasteiger partial charge < -0.3 is 10.1 Å². The highest BCUT2D eigenvalue weighted by Crippen LogP contribution is 2.36. The molecule has 1 aliphatic heterocycles. The molecule has 2 N–H and O–H groups in total. The Morgan fingerprint density at radius 2 is 1.89 bits per heavy atom. The maximum Gasteiger partial charge on any atom is 0.271 e. The van der Waals surface area contributed by atoms with Crippen molar-refractivity contribution in [1.29, 1.82) is 0 Å². The zero-order valence-electron chi connectivity index (χ0n) is 14.4. The van der Waals surface area contributed by atoms with Crippen molar-refractivity contribution < 1.29 is 17.9 Å². The lowest BCUT2D eigenvalue weighted by molar-refractivity contribution is 0.102. The third-order valence-corrected chi connectivity index (χ3v) is 7.18. The van der Waals surface area contributed by atoms with Gasteiger partial charge in [0.25, 0.3) is 15.9 Å². The quantitative estimate of drug-likeness (QED) is 0.677. The Morgan fingerprint density at radius 3 is 2.67 bits per heavy atom. The van der Waals surface area contributed by atoms with Crippen LogP contribution in [-0.4, -0.2) is 14.3 Å². The molecule has 6 nitrogen and oxygen atoms in total. The van der Waals surface area contributed by atoms with Crippen molar-refractivity contribution in [2.45, 2.75) is 17.6 Å². The number of hydrogen-bond acceptors (Lipinski definition) is 5. The topological polar surface area (TPSA) is 84.5 Å². The minimum atomic E-state index is -3.71. The van der Waals surface area contributed by atoms with E-state index in [0.29, 0.717) is 22.9 Å². The van der Waals surface area contributed by atoms with Crippen LogP contribution >= 0.6 is 11.3 Å². The number of fused-ring (bicyclic) bond motifs is 2. The number of sulfonamides is 1. The number of para-hydroxylation sites is 2. The number of aryl methyl sites for hydroxylation is 1. The lowest BCUT2D eigenvalue weighted by Gasteiger charge is -2.10. The van der Waals surface area contributed by atoms with E-state index < -0.39 is 10.0 Å². The minimum Gasteiger partial charge on any atom is -0.454 e. The summed E-state index contributed by atoms with van der Waals surface area (Å²) in [5.41, 5.74) is 1.11. The first kappa shape index (κ1) is 17.6. The van der Waals surface area contributed by atoms with Crippen LogP contribution in [0.3, 0.4) is 0 Å². The molecule has 0 spiro atoms. The van der Waals surface area contributed by atoms with Gasteiger partial charge in [-0.25, -0.2) is 8.42 Å². The van der Waals surface area contributed by atoms with Gasteiger partial charge in [0.2, 0.25) is 0 Å². The van der Waals surface area contributed by atoms with Crippen LogP contribution in [0.1, 0.15) is 22.2 Å². The maximum absolute atomic E-state index is 12.6. The van der Waals surface area contributed by atoms with Crippen molar-refractivity contribution >= 4 is 38.6 Å². The molecule has 0 unspecified atom stereocenters. The average Bonchev–Trinajstić information content (AvgIpc) is 3.09. The van der Waals surface area contributed by atoms with E-state index in [-0.39, 0.29) is 15.7 Å². The third-order valence-electron chi connectivity index (χ3n) is 4.08. The number of anilines is 2. The van der Waals surface area contributed by atoms with Gasteiger partial charge in [0, 0.05) is 10.6 Å². The summed E-state index contributed by atoms with van der Waals surface area (Å²) in [5.74, 6) is 0.536. The Morgan fingerprint density at radius 1 is 1.07 bits per heavy atom. The fourth-order valence-electron chi connectivity index (χ4n) is 2.73. The second-order valence-electron chi connectivity index (χ2n) is 5.94. The molecule has 3 aromatic rings. The van der Waals surface area contributed by atoms with Gasteiger partial charge in [-0.15, -0.1) is 11.3 Å². The molecule has 0 bridgehead atoms. The molecule has 0 fully saturated rings. The monoisotopic (exact) mass is 400 g/mol. The molecule has 0 aliphatic carbocycles. The predicted octanol–water partition coefficient (Wildman–Crippen LogP) is 4.47. The highest BCUT2D eigenvalue weighted by molar-refractivity contribution is 7.94. The van der Waals surface area contributed by atoms with Crippen LogP contribution in [0.2, 0.25) is 0 Å². The summed E-state index contributed by atoms with van der Waals surface area (Å²) in [7, 11) is -3.71. The summed E-state index contributed by atoms with van der Waals surface area (Å²) in [5, 5.41) is 2.77. The average molecular weight is 400 g/mol. The molecular weight excluding hydrogens is 384 g/mol. The van der Waals surface area contributed by atoms with E-state index in [9.17, 15) is 13.2 Å². The number of rotatable bonds is 4. The fourth-order valence-corrected chi connectivity index (χ4v) is 5.07. The van der Waals surface area contributed by atoms with Gasteiger partial charge in [-0.3, -0.25) is 9.52 Å². The van der Waals surface area contributed by atoms with E-state index in [1.165, 1.54) is 17.4 Å². The van der Waals surface area contributed by atoms with Crippen molar-refractivity contribution in [1.82, 2.24) is 0 Å². The first-order valence-electron chi connectivity index (χ1n) is 8.30. The highest BCUT2D eigenvalue weighted by Gasteiger charge is 2.23. The molecule has 1 amide bonds. The van der Waals surface area contributed by atoms with Crippen LogP contribution < -0.4 is 14.8 Å². The van der Waals surface area contributed by atoms with Gasteiger partial charge >= 0.3 is 0 Å². The molecule has 8 heteroatoms. The smallest absolute Gasteiger partial charge is 0.271 e. The number of carbonyl (C=O) groups excluding carboxylic acids is 1. The molecule has 0 atom stereocenters. The number of benzene rings is 2. The van der Waals surface area contributed by atoms with Crippen LogP contribution in [0.4, 0.5) is 11.4 Å².